The lowest BCUT2D eigenvalue weighted by atomic mass is 10.1. The van der Waals surface area contributed by atoms with Gasteiger partial charge in [-0.2, -0.15) is 26.3 Å². The zero-order chi connectivity index (χ0) is 16.3. The second kappa shape index (κ2) is 6.19. The molecule has 1 aromatic carbocycles. The van der Waals surface area contributed by atoms with Crippen LogP contribution in [0.1, 0.15) is 18.4 Å². The molecule has 0 radical (unpaired) electrons. The van der Waals surface area contributed by atoms with E-state index in [1.54, 1.807) is 0 Å². The summed E-state index contributed by atoms with van der Waals surface area (Å²) in [6, 6.07) is 1.79. The molecule has 0 amide bonds. The van der Waals surface area contributed by atoms with E-state index in [4.69, 9.17) is 0 Å². The third-order valence-electron chi connectivity index (χ3n) is 2.47. The first kappa shape index (κ1) is 17.1. The van der Waals surface area contributed by atoms with Crippen molar-refractivity contribution in [1.29, 1.82) is 0 Å². The Morgan fingerprint density at radius 2 is 1.76 bits per heavy atom. The number of nitro groups is 1. The van der Waals surface area contributed by atoms with E-state index in [-0.39, 0.29) is 18.7 Å². The van der Waals surface area contributed by atoms with Crippen molar-refractivity contribution >= 4 is 11.4 Å². The number of hydrogen-bond donors (Lipinski definition) is 1. The van der Waals surface area contributed by atoms with E-state index in [1.807, 2.05) is 0 Å². The summed E-state index contributed by atoms with van der Waals surface area (Å²) >= 11 is 0. The van der Waals surface area contributed by atoms with E-state index in [2.05, 4.69) is 5.32 Å². The SMILES string of the molecule is O=[N+]([O-])c1cc(C(F)(F)F)ccc1NCCCC(F)(F)F. The highest BCUT2D eigenvalue weighted by molar-refractivity contribution is 5.62. The lowest BCUT2D eigenvalue weighted by Gasteiger charge is -2.11. The number of halogens is 6. The van der Waals surface area contributed by atoms with Crippen molar-refractivity contribution in [3.63, 3.8) is 0 Å². The van der Waals surface area contributed by atoms with Gasteiger partial charge in [-0.15, -0.1) is 0 Å². The normalized spacial score (nSPS) is 12.3. The Morgan fingerprint density at radius 3 is 2.24 bits per heavy atom. The fourth-order valence-corrected chi connectivity index (χ4v) is 1.52. The summed E-state index contributed by atoms with van der Waals surface area (Å²) in [5.41, 5.74) is -2.29. The van der Waals surface area contributed by atoms with Gasteiger partial charge in [-0.3, -0.25) is 10.1 Å². The standard InChI is InChI=1S/C11H10F6N2O2/c12-10(13,14)4-1-5-18-8-3-2-7(11(15,16)17)6-9(8)19(20)21/h2-3,6,18H,1,4-5H2. The molecule has 0 saturated heterocycles. The van der Waals surface area contributed by atoms with Gasteiger partial charge in [-0.25, -0.2) is 0 Å². The number of alkyl halides is 6. The minimum atomic E-state index is -4.74. The van der Waals surface area contributed by atoms with E-state index in [0.29, 0.717) is 12.1 Å². The molecule has 0 heterocycles. The Bertz CT molecular complexity index is 512. The molecular weight excluding hydrogens is 306 g/mol. The molecule has 1 rings (SSSR count). The molecule has 0 saturated carbocycles. The first-order chi connectivity index (χ1) is 9.50. The highest BCUT2D eigenvalue weighted by atomic mass is 19.4. The summed E-state index contributed by atoms with van der Waals surface area (Å²) in [4.78, 5) is 9.68. The van der Waals surface area contributed by atoms with Crippen molar-refractivity contribution in [3.8, 4) is 0 Å². The quantitative estimate of drug-likeness (QED) is 0.380. The first-order valence-corrected chi connectivity index (χ1v) is 5.67. The van der Waals surface area contributed by atoms with Gasteiger partial charge in [0.15, 0.2) is 0 Å². The lowest BCUT2D eigenvalue weighted by Crippen LogP contribution is -2.12. The van der Waals surface area contributed by atoms with Crippen molar-refractivity contribution in [2.24, 2.45) is 0 Å². The molecule has 0 aliphatic rings. The lowest BCUT2D eigenvalue weighted by molar-refractivity contribution is -0.384. The van der Waals surface area contributed by atoms with Gasteiger partial charge in [-0.05, 0) is 18.6 Å². The Hall–Kier alpha value is -2.00. The molecule has 0 fully saturated rings. The molecule has 0 aliphatic heterocycles. The largest absolute Gasteiger partial charge is 0.416 e. The maximum atomic E-state index is 12.4. The predicted molar refractivity (Wildman–Crippen MR) is 61.9 cm³/mol. The van der Waals surface area contributed by atoms with E-state index < -0.39 is 34.9 Å². The van der Waals surface area contributed by atoms with Crippen molar-refractivity contribution in [2.75, 3.05) is 11.9 Å². The van der Waals surface area contributed by atoms with Crippen LogP contribution in [0.15, 0.2) is 18.2 Å². The summed E-state index contributed by atoms with van der Waals surface area (Å²) in [6.07, 6.45) is -10.5. The Kier molecular flexibility index (Phi) is 5.02. The van der Waals surface area contributed by atoms with Crippen molar-refractivity contribution in [2.45, 2.75) is 25.2 Å². The van der Waals surface area contributed by atoms with Crippen LogP contribution >= 0.6 is 0 Å². The second-order valence-electron chi connectivity index (χ2n) is 4.13. The van der Waals surface area contributed by atoms with Crippen molar-refractivity contribution < 1.29 is 31.3 Å². The molecule has 10 heteroatoms. The van der Waals surface area contributed by atoms with Crippen LogP contribution in [0, 0.1) is 10.1 Å². The van der Waals surface area contributed by atoms with Crippen LogP contribution in [0.3, 0.4) is 0 Å². The van der Waals surface area contributed by atoms with Crippen LogP contribution in [-0.4, -0.2) is 17.6 Å². The number of rotatable bonds is 5. The van der Waals surface area contributed by atoms with E-state index >= 15 is 0 Å². The van der Waals surface area contributed by atoms with Crippen molar-refractivity contribution in [3.05, 3.63) is 33.9 Å². The van der Waals surface area contributed by atoms with E-state index in [0.717, 1.165) is 6.07 Å². The molecule has 0 aliphatic carbocycles. The summed E-state index contributed by atoms with van der Waals surface area (Å²) in [5.74, 6) is 0. The molecule has 0 bridgehead atoms. The molecule has 0 atom stereocenters. The first-order valence-electron chi connectivity index (χ1n) is 5.67. The van der Waals surface area contributed by atoms with Crippen LogP contribution < -0.4 is 5.32 Å². The highest BCUT2D eigenvalue weighted by Gasteiger charge is 2.33. The van der Waals surface area contributed by atoms with Gasteiger partial charge >= 0.3 is 12.4 Å². The zero-order valence-corrected chi connectivity index (χ0v) is 10.4. The zero-order valence-electron chi connectivity index (χ0n) is 10.4. The van der Waals surface area contributed by atoms with Crippen LogP contribution in [-0.2, 0) is 6.18 Å². The molecule has 4 nitrogen and oxygen atoms in total. The number of hydrogen-bond acceptors (Lipinski definition) is 3. The number of benzene rings is 1. The Morgan fingerprint density at radius 1 is 1.14 bits per heavy atom. The molecular formula is C11H10F6N2O2. The third kappa shape index (κ3) is 5.48. The monoisotopic (exact) mass is 316 g/mol. The van der Waals surface area contributed by atoms with Gasteiger partial charge < -0.3 is 5.32 Å². The number of anilines is 1. The maximum Gasteiger partial charge on any atom is 0.416 e. The smallest absolute Gasteiger partial charge is 0.379 e. The van der Waals surface area contributed by atoms with Gasteiger partial charge in [0.1, 0.15) is 5.69 Å². The van der Waals surface area contributed by atoms with Gasteiger partial charge in [0.25, 0.3) is 5.69 Å². The van der Waals surface area contributed by atoms with Gasteiger partial charge in [0, 0.05) is 19.0 Å². The van der Waals surface area contributed by atoms with Gasteiger partial charge in [-0.1, -0.05) is 0 Å². The number of nitrogens with one attached hydrogen (secondary N) is 1. The van der Waals surface area contributed by atoms with Gasteiger partial charge in [0.05, 0.1) is 10.5 Å². The molecule has 1 aromatic rings. The Balaban J connectivity index is 2.81. The average molecular weight is 316 g/mol. The van der Waals surface area contributed by atoms with Crippen LogP contribution in [0.2, 0.25) is 0 Å². The maximum absolute atomic E-state index is 12.4. The van der Waals surface area contributed by atoms with E-state index in [9.17, 15) is 36.5 Å². The Labute approximate surface area is 114 Å². The molecule has 0 unspecified atom stereocenters. The van der Waals surface area contributed by atoms with E-state index in [1.165, 1.54) is 0 Å². The summed E-state index contributed by atoms with van der Waals surface area (Å²) in [7, 11) is 0. The van der Waals surface area contributed by atoms with Crippen LogP contribution in [0.25, 0.3) is 0 Å². The summed E-state index contributed by atoms with van der Waals surface area (Å²) in [6.45, 7) is -0.244. The summed E-state index contributed by atoms with van der Waals surface area (Å²) < 4.78 is 73.0. The molecule has 0 aromatic heterocycles. The number of nitrogens with zero attached hydrogens (tertiary/aromatic N) is 1. The minimum absolute atomic E-state index is 0.244. The molecule has 21 heavy (non-hydrogen) atoms. The van der Waals surface area contributed by atoms with Crippen molar-refractivity contribution in [1.82, 2.24) is 0 Å². The topological polar surface area (TPSA) is 55.2 Å². The summed E-state index contributed by atoms with van der Waals surface area (Å²) in [5, 5.41) is 13.0. The van der Waals surface area contributed by atoms with Crippen LogP contribution in [0.5, 0.6) is 0 Å². The molecule has 118 valence electrons. The average Bonchev–Trinajstić information content (AvgIpc) is 2.32. The predicted octanol–water partition coefficient (Wildman–Crippen LogP) is 4.37. The second-order valence-corrected chi connectivity index (χ2v) is 4.13. The molecule has 0 spiro atoms. The fourth-order valence-electron chi connectivity index (χ4n) is 1.52. The fraction of sp³-hybridized carbons (Fsp3) is 0.455. The van der Waals surface area contributed by atoms with Crippen LogP contribution in [0.4, 0.5) is 37.7 Å². The minimum Gasteiger partial charge on any atom is -0.379 e. The van der Waals surface area contributed by atoms with Gasteiger partial charge in [0.2, 0.25) is 0 Å². The third-order valence-corrected chi connectivity index (χ3v) is 2.47. The molecule has 1 N–H and O–H groups in total. The highest BCUT2D eigenvalue weighted by Crippen LogP contribution is 2.35. The number of nitro benzene ring substituents is 1.